The number of furan rings is 1. The molecule has 0 N–H and O–H groups in total. The van der Waals surface area contributed by atoms with Crippen LogP contribution >= 0.6 is 35.0 Å². The van der Waals surface area contributed by atoms with E-state index in [9.17, 15) is 9.59 Å². The van der Waals surface area contributed by atoms with Crippen molar-refractivity contribution >= 4 is 52.2 Å². The molecule has 3 rings (SSSR count). The molecule has 0 atom stereocenters. The number of thioether (sulfide) groups is 1. The molecule has 1 aromatic heterocycles. The molecule has 2 amide bonds. The molecule has 0 unspecified atom stereocenters. The predicted octanol–water partition coefficient (Wildman–Crippen LogP) is 5.77. The Bertz CT molecular complexity index is 888. The Morgan fingerprint density at radius 1 is 1.28 bits per heavy atom. The van der Waals surface area contributed by atoms with E-state index in [1.165, 1.54) is 4.90 Å². The fourth-order valence-corrected chi connectivity index (χ4v) is 3.66. The van der Waals surface area contributed by atoms with Gasteiger partial charge >= 0.3 is 0 Å². The first kappa shape index (κ1) is 17.9. The number of carbonyl (C=O) groups is 2. The van der Waals surface area contributed by atoms with E-state index in [0.717, 1.165) is 17.3 Å². The van der Waals surface area contributed by atoms with Crippen LogP contribution in [0.2, 0.25) is 10.0 Å². The van der Waals surface area contributed by atoms with Crippen LogP contribution in [-0.2, 0) is 11.3 Å². The summed E-state index contributed by atoms with van der Waals surface area (Å²) in [5, 5.41) is 0.596. The van der Waals surface area contributed by atoms with E-state index in [2.05, 4.69) is 0 Å². The van der Waals surface area contributed by atoms with Gasteiger partial charge in [0.25, 0.3) is 11.1 Å². The standard InChI is InChI=1S/C18H13Cl2NO3S/c1-11(7-14-3-2-6-24-14)8-16-17(22)21(18(23)25-16)10-12-4-5-13(19)9-15(12)20/h2-9H,10H2,1H3/b11-7+,16-8-. The zero-order valence-electron chi connectivity index (χ0n) is 13.2. The highest BCUT2D eigenvalue weighted by Gasteiger charge is 2.35. The molecule has 2 aromatic rings. The van der Waals surface area contributed by atoms with Crippen molar-refractivity contribution in [2.24, 2.45) is 0 Å². The number of imide groups is 1. The van der Waals surface area contributed by atoms with Crippen LogP contribution in [0.25, 0.3) is 6.08 Å². The van der Waals surface area contributed by atoms with Crippen LogP contribution in [-0.4, -0.2) is 16.0 Å². The van der Waals surface area contributed by atoms with Gasteiger partial charge in [-0.15, -0.1) is 0 Å². The van der Waals surface area contributed by atoms with Crippen molar-refractivity contribution < 1.29 is 14.0 Å². The number of amides is 2. The summed E-state index contributed by atoms with van der Waals surface area (Å²) in [4.78, 5) is 26.3. The average Bonchev–Trinajstić information content (AvgIpc) is 3.13. The molecule has 25 heavy (non-hydrogen) atoms. The van der Waals surface area contributed by atoms with Crippen molar-refractivity contribution in [2.75, 3.05) is 0 Å². The Morgan fingerprint density at radius 2 is 2.08 bits per heavy atom. The molecule has 128 valence electrons. The molecule has 1 fully saturated rings. The lowest BCUT2D eigenvalue weighted by Gasteiger charge is -2.13. The van der Waals surface area contributed by atoms with Gasteiger partial charge in [-0.2, -0.15) is 0 Å². The second-order valence-electron chi connectivity index (χ2n) is 5.41. The summed E-state index contributed by atoms with van der Waals surface area (Å²) >= 11 is 12.9. The smallest absolute Gasteiger partial charge is 0.293 e. The van der Waals surface area contributed by atoms with E-state index >= 15 is 0 Å². The largest absolute Gasteiger partial charge is 0.465 e. The maximum absolute atomic E-state index is 12.5. The molecule has 1 aliphatic heterocycles. The third-order valence-electron chi connectivity index (χ3n) is 3.49. The van der Waals surface area contributed by atoms with Crippen LogP contribution in [0, 0.1) is 0 Å². The van der Waals surface area contributed by atoms with E-state index in [4.69, 9.17) is 27.6 Å². The van der Waals surface area contributed by atoms with Gasteiger partial charge in [0.05, 0.1) is 17.7 Å². The van der Waals surface area contributed by atoms with Gasteiger partial charge in [-0.25, -0.2) is 0 Å². The number of allylic oxidation sites excluding steroid dienone is 2. The molecule has 0 aliphatic carbocycles. The molecule has 1 aliphatic rings. The summed E-state index contributed by atoms with van der Waals surface area (Å²) in [6.07, 6.45) is 5.05. The number of hydrogen-bond donors (Lipinski definition) is 0. The summed E-state index contributed by atoms with van der Waals surface area (Å²) in [5.74, 6) is 0.342. The van der Waals surface area contributed by atoms with E-state index in [0.29, 0.717) is 26.3 Å². The minimum atomic E-state index is -0.340. The molecule has 1 aromatic carbocycles. The van der Waals surface area contributed by atoms with Gasteiger partial charge in [0.15, 0.2) is 0 Å². The molecule has 2 heterocycles. The topological polar surface area (TPSA) is 50.5 Å². The molecule has 0 bridgehead atoms. The number of halogens is 2. The minimum absolute atomic E-state index is 0.110. The average molecular weight is 394 g/mol. The van der Waals surface area contributed by atoms with Gasteiger partial charge in [-0.1, -0.05) is 29.3 Å². The van der Waals surface area contributed by atoms with Crippen LogP contribution in [0.15, 0.2) is 57.6 Å². The number of carbonyl (C=O) groups excluding carboxylic acids is 2. The fraction of sp³-hybridized carbons (Fsp3) is 0.111. The SMILES string of the molecule is CC(/C=C1\SC(=O)N(Cc2ccc(Cl)cc2Cl)C1=O)=C\c1ccco1. The van der Waals surface area contributed by atoms with Crippen LogP contribution in [0.3, 0.4) is 0 Å². The van der Waals surface area contributed by atoms with Gasteiger partial charge in [0.1, 0.15) is 5.76 Å². The summed E-state index contributed by atoms with van der Waals surface area (Å²) in [7, 11) is 0. The van der Waals surface area contributed by atoms with Gasteiger partial charge in [-0.3, -0.25) is 14.5 Å². The number of nitrogens with zero attached hydrogens (tertiary/aromatic N) is 1. The third kappa shape index (κ3) is 4.18. The summed E-state index contributed by atoms with van der Waals surface area (Å²) in [6.45, 7) is 1.95. The van der Waals surface area contributed by atoms with Crippen LogP contribution < -0.4 is 0 Å². The lowest BCUT2D eigenvalue weighted by molar-refractivity contribution is -0.123. The number of rotatable bonds is 4. The van der Waals surface area contributed by atoms with Crippen molar-refractivity contribution in [3.05, 3.63) is 74.5 Å². The Hall–Kier alpha value is -1.95. The number of benzene rings is 1. The monoisotopic (exact) mass is 393 g/mol. The summed E-state index contributed by atoms with van der Waals surface area (Å²) in [6, 6.07) is 8.56. The Balaban J connectivity index is 1.79. The van der Waals surface area contributed by atoms with Gasteiger partial charge < -0.3 is 4.42 Å². The summed E-state index contributed by atoms with van der Waals surface area (Å²) < 4.78 is 5.24. The molecule has 4 nitrogen and oxygen atoms in total. The van der Waals surface area contributed by atoms with Crippen LogP contribution in [0.1, 0.15) is 18.2 Å². The molecule has 0 saturated carbocycles. The quantitative estimate of drug-likeness (QED) is 0.618. The van der Waals surface area contributed by atoms with Gasteiger partial charge in [0, 0.05) is 10.0 Å². The molecular weight excluding hydrogens is 381 g/mol. The second kappa shape index (κ2) is 7.52. The van der Waals surface area contributed by atoms with Crippen molar-refractivity contribution in [3.63, 3.8) is 0 Å². The summed E-state index contributed by atoms with van der Waals surface area (Å²) in [5.41, 5.74) is 1.47. The molecular formula is C18H13Cl2NO3S. The lowest BCUT2D eigenvalue weighted by Crippen LogP contribution is -2.27. The first-order valence-corrected chi connectivity index (χ1v) is 8.92. The Labute approximate surface area is 159 Å². The highest BCUT2D eigenvalue weighted by atomic mass is 35.5. The Morgan fingerprint density at radius 3 is 2.76 bits per heavy atom. The second-order valence-corrected chi connectivity index (χ2v) is 7.24. The van der Waals surface area contributed by atoms with Crippen molar-refractivity contribution in [2.45, 2.75) is 13.5 Å². The van der Waals surface area contributed by atoms with E-state index in [1.807, 2.05) is 13.0 Å². The normalized spacial score (nSPS) is 17.0. The van der Waals surface area contributed by atoms with Gasteiger partial charge in [0.2, 0.25) is 0 Å². The number of hydrogen-bond acceptors (Lipinski definition) is 4. The minimum Gasteiger partial charge on any atom is -0.465 e. The maximum atomic E-state index is 12.5. The van der Waals surface area contributed by atoms with Crippen molar-refractivity contribution in [1.29, 1.82) is 0 Å². The molecule has 1 saturated heterocycles. The van der Waals surface area contributed by atoms with Crippen LogP contribution in [0.5, 0.6) is 0 Å². The first-order valence-electron chi connectivity index (χ1n) is 7.35. The Kier molecular flexibility index (Phi) is 5.37. The zero-order valence-corrected chi connectivity index (χ0v) is 15.5. The van der Waals surface area contributed by atoms with Crippen molar-refractivity contribution in [1.82, 2.24) is 4.90 Å². The van der Waals surface area contributed by atoms with E-state index in [-0.39, 0.29) is 17.7 Å². The maximum Gasteiger partial charge on any atom is 0.293 e. The highest BCUT2D eigenvalue weighted by molar-refractivity contribution is 8.18. The van der Waals surface area contributed by atoms with Gasteiger partial charge in [-0.05, 0) is 66.2 Å². The molecule has 7 heteroatoms. The highest BCUT2D eigenvalue weighted by Crippen LogP contribution is 2.34. The third-order valence-corrected chi connectivity index (χ3v) is 4.98. The van der Waals surface area contributed by atoms with E-state index in [1.54, 1.807) is 42.7 Å². The van der Waals surface area contributed by atoms with Crippen molar-refractivity contribution in [3.8, 4) is 0 Å². The molecule has 0 spiro atoms. The van der Waals surface area contributed by atoms with E-state index < -0.39 is 0 Å². The predicted molar refractivity (Wildman–Crippen MR) is 100 cm³/mol. The van der Waals surface area contributed by atoms with Crippen LogP contribution in [0.4, 0.5) is 4.79 Å². The lowest BCUT2D eigenvalue weighted by atomic mass is 10.2. The zero-order chi connectivity index (χ0) is 18.0. The molecule has 0 radical (unpaired) electrons. The fourth-order valence-electron chi connectivity index (χ4n) is 2.30. The first-order chi connectivity index (χ1) is 11.9.